The van der Waals surface area contributed by atoms with Crippen molar-refractivity contribution in [3.63, 3.8) is 0 Å². The number of rotatable bonds is 2. The molecular formula is C10H9NO7S2. The lowest BCUT2D eigenvalue weighted by Gasteiger charge is -2.08. The minimum Gasteiger partial charge on any atom is -0.507 e. The van der Waals surface area contributed by atoms with E-state index in [1.54, 1.807) is 0 Å². The standard InChI is InChI=1S/C10H9NO7S2/c11-9-3-5(19(13,14)15)2-8-7(9)1-6(4-10(8)12)20(16,17)18/h1-4,12H,11H2,(H,13,14,15)(H,16,17,18). The van der Waals surface area contributed by atoms with Crippen molar-refractivity contribution < 1.29 is 31.0 Å². The Hall–Kier alpha value is -1.88. The molecule has 0 saturated heterocycles. The molecule has 5 N–H and O–H groups in total. The molecule has 0 radical (unpaired) electrons. The monoisotopic (exact) mass is 319 g/mol. The largest absolute Gasteiger partial charge is 0.507 e. The van der Waals surface area contributed by atoms with Crippen molar-refractivity contribution in [1.82, 2.24) is 0 Å². The molecule has 0 unspecified atom stereocenters. The van der Waals surface area contributed by atoms with Crippen molar-refractivity contribution >= 4 is 36.7 Å². The molecule has 0 aromatic heterocycles. The van der Waals surface area contributed by atoms with Crippen molar-refractivity contribution in [3.8, 4) is 5.75 Å². The average molecular weight is 319 g/mol. The molecule has 0 aliphatic heterocycles. The van der Waals surface area contributed by atoms with Crippen molar-refractivity contribution in [2.45, 2.75) is 9.79 Å². The third-order valence-corrected chi connectivity index (χ3v) is 4.29. The second-order valence-corrected chi connectivity index (χ2v) is 6.84. The molecule has 2 rings (SSSR count). The fraction of sp³-hybridized carbons (Fsp3) is 0. The van der Waals surface area contributed by atoms with E-state index in [1.807, 2.05) is 0 Å². The molecule has 0 amide bonds. The van der Waals surface area contributed by atoms with Gasteiger partial charge in [-0.15, -0.1) is 0 Å². The van der Waals surface area contributed by atoms with E-state index in [1.165, 1.54) is 0 Å². The lowest BCUT2D eigenvalue weighted by atomic mass is 10.1. The van der Waals surface area contributed by atoms with Gasteiger partial charge >= 0.3 is 0 Å². The van der Waals surface area contributed by atoms with Gasteiger partial charge in [0.15, 0.2) is 0 Å². The Labute approximate surface area is 114 Å². The van der Waals surface area contributed by atoms with Gasteiger partial charge in [-0.2, -0.15) is 16.8 Å². The van der Waals surface area contributed by atoms with Gasteiger partial charge in [0, 0.05) is 22.5 Å². The Balaban J connectivity index is 2.93. The summed E-state index contributed by atoms with van der Waals surface area (Å²) in [7, 11) is -9.09. The Bertz CT molecular complexity index is 839. The number of aromatic hydroxyl groups is 1. The van der Waals surface area contributed by atoms with Crippen LogP contribution in [0.1, 0.15) is 0 Å². The second-order valence-electron chi connectivity index (χ2n) is 4.00. The molecule has 0 spiro atoms. The highest BCUT2D eigenvalue weighted by Crippen LogP contribution is 2.34. The normalized spacial score (nSPS) is 12.7. The summed E-state index contributed by atoms with van der Waals surface area (Å²) in [5.41, 5.74) is 5.39. The molecule has 8 nitrogen and oxygen atoms in total. The summed E-state index contributed by atoms with van der Waals surface area (Å²) in [6.45, 7) is 0. The molecule has 0 fully saturated rings. The summed E-state index contributed by atoms with van der Waals surface area (Å²) in [6.07, 6.45) is 0. The van der Waals surface area contributed by atoms with Gasteiger partial charge in [-0.05, 0) is 18.2 Å². The van der Waals surface area contributed by atoms with Gasteiger partial charge in [-0.1, -0.05) is 0 Å². The maximum atomic E-state index is 11.0. The molecule has 20 heavy (non-hydrogen) atoms. The van der Waals surface area contributed by atoms with Crippen LogP contribution in [0.25, 0.3) is 10.8 Å². The SMILES string of the molecule is Nc1cc(S(=O)(=O)O)cc2c(O)cc(S(=O)(=O)O)cc12. The summed E-state index contributed by atoms with van der Waals surface area (Å²) in [5.74, 6) is -0.604. The van der Waals surface area contributed by atoms with Crippen LogP contribution in [0.2, 0.25) is 0 Å². The van der Waals surface area contributed by atoms with Crippen LogP contribution < -0.4 is 5.73 Å². The number of anilines is 1. The molecule has 108 valence electrons. The lowest BCUT2D eigenvalue weighted by Crippen LogP contribution is -2.02. The van der Waals surface area contributed by atoms with Crippen molar-refractivity contribution in [2.75, 3.05) is 5.73 Å². The quantitative estimate of drug-likeness (QED) is 0.463. The third-order valence-electron chi connectivity index (χ3n) is 2.62. The Morgan fingerprint density at radius 1 is 0.800 bits per heavy atom. The maximum Gasteiger partial charge on any atom is 0.294 e. The summed E-state index contributed by atoms with van der Waals surface area (Å²) in [6, 6.07) is 3.56. The Morgan fingerprint density at radius 2 is 1.25 bits per heavy atom. The van der Waals surface area contributed by atoms with E-state index in [4.69, 9.17) is 14.8 Å². The smallest absolute Gasteiger partial charge is 0.294 e. The molecule has 10 heteroatoms. The Morgan fingerprint density at radius 3 is 1.75 bits per heavy atom. The zero-order chi connectivity index (χ0) is 15.3. The first-order chi connectivity index (χ1) is 9.00. The van der Waals surface area contributed by atoms with E-state index in [-0.39, 0.29) is 16.5 Å². The lowest BCUT2D eigenvalue weighted by molar-refractivity contribution is 0.470. The van der Waals surface area contributed by atoms with Crippen LogP contribution >= 0.6 is 0 Å². The number of fused-ring (bicyclic) bond motifs is 1. The van der Waals surface area contributed by atoms with E-state index in [0.717, 1.165) is 24.3 Å². The minimum atomic E-state index is -4.56. The highest BCUT2D eigenvalue weighted by Gasteiger charge is 2.18. The van der Waals surface area contributed by atoms with Gasteiger partial charge in [0.1, 0.15) is 5.75 Å². The van der Waals surface area contributed by atoms with Crippen molar-refractivity contribution in [2.24, 2.45) is 0 Å². The Kier molecular flexibility index (Phi) is 3.13. The van der Waals surface area contributed by atoms with Crippen LogP contribution in [0.4, 0.5) is 5.69 Å². The number of hydrogen-bond acceptors (Lipinski definition) is 6. The van der Waals surface area contributed by atoms with Crippen LogP contribution in [0.5, 0.6) is 5.75 Å². The van der Waals surface area contributed by atoms with E-state index >= 15 is 0 Å². The van der Waals surface area contributed by atoms with Crippen LogP contribution in [-0.4, -0.2) is 31.0 Å². The van der Waals surface area contributed by atoms with Gasteiger partial charge < -0.3 is 10.8 Å². The number of benzene rings is 2. The maximum absolute atomic E-state index is 11.0. The highest BCUT2D eigenvalue weighted by atomic mass is 32.2. The van der Waals surface area contributed by atoms with Crippen LogP contribution in [0.15, 0.2) is 34.1 Å². The average Bonchev–Trinajstić information content (AvgIpc) is 2.27. The fourth-order valence-electron chi connectivity index (χ4n) is 1.72. The van der Waals surface area contributed by atoms with Gasteiger partial charge in [-0.25, -0.2) is 0 Å². The summed E-state index contributed by atoms with van der Waals surface area (Å²) < 4.78 is 62.0. The second kappa shape index (κ2) is 4.31. The van der Waals surface area contributed by atoms with Gasteiger partial charge in [0.05, 0.1) is 9.79 Å². The first-order valence-electron chi connectivity index (χ1n) is 5.01. The minimum absolute atomic E-state index is 0.0185. The zero-order valence-corrected chi connectivity index (χ0v) is 11.3. The number of phenolic OH excluding ortho intramolecular Hbond substituents is 1. The molecule has 0 bridgehead atoms. The molecule has 0 saturated carbocycles. The van der Waals surface area contributed by atoms with Crippen LogP contribution in [-0.2, 0) is 20.2 Å². The van der Waals surface area contributed by atoms with Crippen molar-refractivity contribution in [1.29, 1.82) is 0 Å². The molecule has 0 atom stereocenters. The first kappa shape index (κ1) is 14.5. The highest BCUT2D eigenvalue weighted by molar-refractivity contribution is 7.86. The van der Waals surface area contributed by atoms with E-state index < -0.39 is 35.8 Å². The number of nitrogen functional groups attached to an aromatic ring is 1. The summed E-state index contributed by atoms with van der Waals surface area (Å²) >= 11 is 0. The van der Waals surface area contributed by atoms with Gasteiger partial charge in [0.25, 0.3) is 20.2 Å². The number of nitrogens with two attached hydrogens (primary N) is 1. The molecule has 0 aliphatic rings. The zero-order valence-electron chi connectivity index (χ0n) is 9.68. The number of hydrogen-bond donors (Lipinski definition) is 4. The summed E-state index contributed by atoms with van der Waals surface area (Å²) in [5, 5.41) is 9.66. The predicted octanol–water partition coefficient (Wildman–Crippen LogP) is 0.621. The summed E-state index contributed by atoms with van der Waals surface area (Å²) in [4.78, 5) is -1.13. The molecule has 2 aromatic rings. The van der Waals surface area contributed by atoms with Crippen molar-refractivity contribution in [3.05, 3.63) is 24.3 Å². The van der Waals surface area contributed by atoms with E-state index in [2.05, 4.69) is 0 Å². The number of phenols is 1. The fourth-order valence-corrected chi connectivity index (χ4v) is 2.79. The first-order valence-corrected chi connectivity index (χ1v) is 7.89. The topological polar surface area (TPSA) is 155 Å². The van der Waals surface area contributed by atoms with Crippen LogP contribution in [0.3, 0.4) is 0 Å². The molecule has 0 heterocycles. The molecule has 2 aromatic carbocycles. The van der Waals surface area contributed by atoms with Crippen LogP contribution in [0, 0.1) is 0 Å². The van der Waals surface area contributed by atoms with E-state index in [9.17, 15) is 21.9 Å². The predicted molar refractivity (Wildman–Crippen MR) is 69.7 cm³/mol. The van der Waals surface area contributed by atoms with Gasteiger partial charge in [-0.3, -0.25) is 9.11 Å². The van der Waals surface area contributed by atoms with Gasteiger partial charge in [0.2, 0.25) is 0 Å². The third kappa shape index (κ3) is 2.54. The molecule has 0 aliphatic carbocycles. The molecular weight excluding hydrogens is 310 g/mol. The van der Waals surface area contributed by atoms with E-state index in [0.29, 0.717) is 0 Å².